The lowest BCUT2D eigenvalue weighted by Crippen LogP contribution is -2.22. The van der Waals surface area contributed by atoms with Gasteiger partial charge in [-0.3, -0.25) is 0 Å². The Hall–Kier alpha value is -1.97. The van der Waals surface area contributed by atoms with Crippen LogP contribution in [0.5, 0.6) is 5.75 Å². The molecule has 0 fully saturated rings. The summed E-state index contributed by atoms with van der Waals surface area (Å²) in [7, 11) is 1.53. The van der Waals surface area contributed by atoms with Crippen LogP contribution < -0.4 is 4.74 Å². The summed E-state index contributed by atoms with van der Waals surface area (Å²) in [4.78, 5) is 0. The summed E-state index contributed by atoms with van der Waals surface area (Å²) in [5.41, 5.74) is 0.924. The fourth-order valence-corrected chi connectivity index (χ4v) is 2.11. The van der Waals surface area contributed by atoms with Crippen molar-refractivity contribution in [3.05, 3.63) is 65.7 Å². The van der Waals surface area contributed by atoms with Crippen LogP contribution in [-0.4, -0.2) is 13.3 Å². The minimum atomic E-state index is -4.26. The molecule has 1 unspecified atom stereocenters. The van der Waals surface area contributed by atoms with E-state index in [9.17, 15) is 13.2 Å². The first-order chi connectivity index (χ1) is 9.50. The van der Waals surface area contributed by atoms with Gasteiger partial charge in [0.15, 0.2) is 0 Å². The molecular formula is C16H15F3O. The number of ether oxygens (including phenoxy) is 1. The van der Waals surface area contributed by atoms with Gasteiger partial charge in [-0.1, -0.05) is 42.5 Å². The normalized spacial score (nSPS) is 13.0. The molecule has 20 heavy (non-hydrogen) atoms. The molecule has 0 aliphatic rings. The van der Waals surface area contributed by atoms with Gasteiger partial charge < -0.3 is 4.74 Å². The Kier molecular flexibility index (Phi) is 4.32. The third-order valence-corrected chi connectivity index (χ3v) is 3.20. The quantitative estimate of drug-likeness (QED) is 0.796. The Morgan fingerprint density at radius 3 is 2.05 bits per heavy atom. The van der Waals surface area contributed by atoms with Gasteiger partial charge >= 0.3 is 6.18 Å². The van der Waals surface area contributed by atoms with E-state index in [1.54, 1.807) is 42.5 Å². The molecule has 2 rings (SSSR count). The fourth-order valence-electron chi connectivity index (χ4n) is 2.11. The van der Waals surface area contributed by atoms with Crippen molar-refractivity contribution in [3.8, 4) is 5.75 Å². The van der Waals surface area contributed by atoms with Crippen molar-refractivity contribution in [2.45, 2.75) is 18.5 Å². The van der Waals surface area contributed by atoms with E-state index in [4.69, 9.17) is 4.74 Å². The number of halogens is 3. The highest BCUT2D eigenvalue weighted by atomic mass is 19.4. The number of benzene rings is 2. The van der Waals surface area contributed by atoms with Crippen molar-refractivity contribution < 1.29 is 17.9 Å². The predicted molar refractivity (Wildman–Crippen MR) is 71.9 cm³/mol. The minimum Gasteiger partial charge on any atom is -0.497 e. The molecular weight excluding hydrogens is 265 g/mol. The monoisotopic (exact) mass is 280 g/mol. The molecule has 0 saturated carbocycles. The van der Waals surface area contributed by atoms with Crippen LogP contribution in [0.2, 0.25) is 0 Å². The van der Waals surface area contributed by atoms with Crippen LogP contribution in [0.25, 0.3) is 0 Å². The smallest absolute Gasteiger partial charge is 0.396 e. The maximum atomic E-state index is 13.2. The van der Waals surface area contributed by atoms with Gasteiger partial charge in [-0.2, -0.15) is 13.2 Å². The van der Waals surface area contributed by atoms with Gasteiger partial charge in [-0.25, -0.2) is 0 Å². The van der Waals surface area contributed by atoms with Gasteiger partial charge in [0.05, 0.1) is 13.0 Å². The topological polar surface area (TPSA) is 9.23 Å². The second-order valence-corrected chi connectivity index (χ2v) is 4.56. The van der Waals surface area contributed by atoms with Gasteiger partial charge in [-0.15, -0.1) is 0 Å². The molecule has 0 aliphatic carbocycles. The van der Waals surface area contributed by atoms with Crippen molar-refractivity contribution >= 4 is 0 Å². The molecule has 0 N–H and O–H groups in total. The van der Waals surface area contributed by atoms with E-state index < -0.39 is 12.1 Å². The summed E-state index contributed by atoms with van der Waals surface area (Å²) in [5.74, 6) is -0.853. The molecule has 1 atom stereocenters. The average Bonchev–Trinajstić information content (AvgIpc) is 2.45. The Morgan fingerprint density at radius 2 is 1.55 bits per heavy atom. The fraction of sp³-hybridized carbons (Fsp3) is 0.250. The zero-order chi connectivity index (χ0) is 14.6. The first kappa shape index (κ1) is 14.4. The molecule has 2 aromatic rings. The zero-order valence-corrected chi connectivity index (χ0v) is 11.0. The number of hydrogen-bond acceptors (Lipinski definition) is 1. The van der Waals surface area contributed by atoms with Crippen LogP contribution >= 0.6 is 0 Å². The number of rotatable bonds is 4. The Bertz CT molecular complexity index is 532. The number of alkyl halides is 3. The lowest BCUT2D eigenvalue weighted by atomic mass is 9.91. The van der Waals surface area contributed by atoms with Crippen LogP contribution in [0, 0.1) is 0 Å². The van der Waals surface area contributed by atoms with Gasteiger partial charge in [0.2, 0.25) is 0 Å². The summed E-state index contributed by atoms with van der Waals surface area (Å²) in [5, 5.41) is 0. The molecule has 0 aromatic heterocycles. The summed E-state index contributed by atoms with van der Waals surface area (Å²) in [6.07, 6.45) is -4.33. The van der Waals surface area contributed by atoms with Crippen LogP contribution in [-0.2, 0) is 6.42 Å². The van der Waals surface area contributed by atoms with Gasteiger partial charge in [-0.05, 0) is 29.7 Å². The second kappa shape index (κ2) is 5.99. The summed E-state index contributed by atoms with van der Waals surface area (Å²) >= 11 is 0. The Labute approximate surface area is 116 Å². The maximum absolute atomic E-state index is 13.2. The molecule has 0 heterocycles. The maximum Gasteiger partial charge on any atom is 0.396 e. The van der Waals surface area contributed by atoms with Crippen molar-refractivity contribution in [1.29, 1.82) is 0 Å². The summed E-state index contributed by atoms with van der Waals surface area (Å²) < 4.78 is 44.6. The molecule has 106 valence electrons. The average molecular weight is 280 g/mol. The van der Waals surface area contributed by atoms with E-state index in [0.717, 1.165) is 0 Å². The first-order valence-electron chi connectivity index (χ1n) is 6.25. The van der Waals surface area contributed by atoms with E-state index >= 15 is 0 Å². The molecule has 0 spiro atoms. The van der Waals surface area contributed by atoms with Crippen molar-refractivity contribution in [1.82, 2.24) is 0 Å². The highest BCUT2D eigenvalue weighted by Gasteiger charge is 2.40. The van der Waals surface area contributed by atoms with Crippen molar-refractivity contribution in [3.63, 3.8) is 0 Å². The van der Waals surface area contributed by atoms with E-state index in [1.807, 2.05) is 0 Å². The third kappa shape index (κ3) is 3.53. The van der Waals surface area contributed by atoms with Crippen LogP contribution in [0.15, 0.2) is 54.6 Å². The molecule has 0 radical (unpaired) electrons. The van der Waals surface area contributed by atoms with Gasteiger partial charge in [0.25, 0.3) is 0 Å². The highest BCUT2D eigenvalue weighted by molar-refractivity contribution is 5.30. The first-order valence-corrected chi connectivity index (χ1v) is 6.25. The van der Waals surface area contributed by atoms with E-state index in [1.165, 1.54) is 19.2 Å². The molecule has 0 amide bonds. The largest absolute Gasteiger partial charge is 0.497 e. The lowest BCUT2D eigenvalue weighted by Gasteiger charge is -2.21. The van der Waals surface area contributed by atoms with Gasteiger partial charge in [0, 0.05) is 0 Å². The van der Waals surface area contributed by atoms with E-state index in [0.29, 0.717) is 11.3 Å². The summed E-state index contributed by atoms with van der Waals surface area (Å²) in [6.45, 7) is 0. The standard InChI is InChI=1S/C16H15F3O/c1-20-14-9-7-12(8-10-14)11-15(16(17,18)19)13-5-3-2-4-6-13/h2-10,15H,11H2,1H3. The molecule has 2 aromatic carbocycles. The number of methoxy groups -OCH3 is 1. The van der Waals surface area contributed by atoms with Crippen molar-refractivity contribution in [2.24, 2.45) is 0 Å². The van der Waals surface area contributed by atoms with Gasteiger partial charge in [0.1, 0.15) is 5.75 Å². The van der Waals surface area contributed by atoms with Crippen LogP contribution in [0.4, 0.5) is 13.2 Å². The van der Waals surface area contributed by atoms with Crippen LogP contribution in [0.1, 0.15) is 17.0 Å². The summed E-state index contributed by atoms with van der Waals surface area (Å²) in [6, 6.07) is 14.7. The number of hydrogen-bond donors (Lipinski definition) is 0. The minimum absolute atomic E-state index is 0.0719. The highest BCUT2D eigenvalue weighted by Crippen LogP contribution is 2.37. The van der Waals surface area contributed by atoms with Crippen LogP contribution in [0.3, 0.4) is 0 Å². The Morgan fingerprint density at radius 1 is 0.950 bits per heavy atom. The SMILES string of the molecule is COc1ccc(CC(c2ccccc2)C(F)(F)F)cc1. The third-order valence-electron chi connectivity index (χ3n) is 3.20. The van der Waals surface area contributed by atoms with E-state index in [2.05, 4.69) is 0 Å². The lowest BCUT2D eigenvalue weighted by molar-refractivity contribution is -0.150. The van der Waals surface area contributed by atoms with Crippen molar-refractivity contribution in [2.75, 3.05) is 7.11 Å². The molecule has 0 aliphatic heterocycles. The molecule has 0 bridgehead atoms. The Balaban J connectivity index is 2.24. The van der Waals surface area contributed by atoms with E-state index in [-0.39, 0.29) is 12.0 Å². The predicted octanol–water partition coefficient (Wildman–Crippen LogP) is 4.58. The zero-order valence-electron chi connectivity index (χ0n) is 11.0. The molecule has 0 saturated heterocycles. The molecule has 4 heteroatoms. The molecule has 1 nitrogen and oxygen atoms in total. The second-order valence-electron chi connectivity index (χ2n) is 4.56.